The average Bonchev–Trinajstić information content (AvgIpc) is 2.53. The standard InChI is InChI=1S/C15H14BrN3O3/c1-2-22-15(11-6-4-3-5-7-11)18-17-13-9-8-12(16)10-14(13)19(20)21/h3-10,17H,2H2,1H3/b18-15+. The van der Waals surface area contributed by atoms with Crippen molar-refractivity contribution in [1.82, 2.24) is 0 Å². The maximum Gasteiger partial charge on any atom is 0.295 e. The molecule has 0 spiro atoms. The lowest BCUT2D eigenvalue weighted by Gasteiger charge is -2.08. The Balaban J connectivity index is 2.30. The van der Waals surface area contributed by atoms with Crippen molar-refractivity contribution in [2.75, 3.05) is 12.0 Å². The molecule has 0 aliphatic rings. The third-order valence-corrected chi connectivity index (χ3v) is 3.23. The molecule has 2 aromatic carbocycles. The van der Waals surface area contributed by atoms with Gasteiger partial charge >= 0.3 is 0 Å². The summed E-state index contributed by atoms with van der Waals surface area (Å²) in [5, 5.41) is 15.2. The lowest BCUT2D eigenvalue weighted by molar-refractivity contribution is -0.384. The lowest BCUT2D eigenvalue weighted by Crippen LogP contribution is -2.09. The normalized spacial score (nSPS) is 11.1. The third kappa shape index (κ3) is 4.05. The van der Waals surface area contributed by atoms with E-state index < -0.39 is 4.92 Å². The number of nitro benzene ring substituents is 1. The molecule has 0 amide bonds. The van der Waals surface area contributed by atoms with E-state index in [1.165, 1.54) is 6.07 Å². The van der Waals surface area contributed by atoms with Crippen molar-refractivity contribution < 1.29 is 9.66 Å². The molecule has 0 heterocycles. The Morgan fingerprint density at radius 1 is 1.32 bits per heavy atom. The van der Waals surface area contributed by atoms with Gasteiger partial charge < -0.3 is 4.74 Å². The number of hydrogen-bond donors (Lipinski definition) is 1. The summed E-state index contributed by atoms with van der Waals surface area (Å²) in [6.07, 6.45) is 0. The van der Waals surface area contributed by atoms with Crippen LogP contribution in [0.1, 0.15) is 12.5 Å². The molecule has 0 bridgehead atoms. The summed E-state index contributed by atoms with van der Waals surface area (Å²) >= 11 is 3.21. The maximum atomic E-state index is 11.1. The van der Waals surface area contributed by atoms with Crippen LogP contribution in [0, 0.1) is 10.1 Å². The largest absolute Gasteiger partial charge is 0.477 e. The zero-order chi connectivity index (χ0) is 15.9. The van der Waals surface area contributed by atoms with Crippen molar-refractivity contribution in [2.24, 2.45) is 5.10 Å². The number of hydrazone groups is 1. The Kier molecular flexibility index (Phi) is 5.48. The molecule has 22 heavy (non-hydrogen) atoms. The molecule has 0 atom stereocenters. The molecule has 114 valence electrons. The van der Waals surface area contributed by atoms with Gasteiger partial charge in [0.05, 0.1) is 11.5 Å². The van der Waals surface area contributed by atoms with E-state index in [9.17, 15) is 10.1 Å². The minimum Gasteiger partial charge on any atom is -0.477 e. The molecule has 2 aromatic rings. The highest BCUT2D eigenvalue weighted by Crippen LogP contribution is 2.28. The summed E-state index contributed by atoms with van der Waals surface area (Å²) in [5.74, 6) is 0.375. The zero-order valence-electron chi connectivity index (χ0n) is 11.8. The average molecular weight is 364 g/mol. The summed E-state index contributed by atoms with van der Waals surface area (Å²) in [5.41, 5.74) is 3.72. The van der Waals surface area contributed by atoms with Gasteiger partial charge in [0.1, 0.15) is 5.69 Å². The van der Waals surface area contributed by atoms with E-state index in [0.717, 1.165) is 5.56 Å². The van der Waals surface area contributed by atoms with Crippen LogP contribution in [0.4, 0.5) is 11.4 Å². The van der Waals surface area contributed by atoms with Gasteiger partial charge in [0.25, 0.3) is 5.69 Å². The minimum atomic E-state index is -0.467. The maximum absolute atomic E-state index is 11.1. The Hall–Kier alpha value is -2.41. The highest BCUT2D eigenvalue weighted by Gasteiger charge is 2.14. The fraction of sp³-hybridized carbons (Fsp3) is 0.133. The molecule has 0 saturated carbocycles. The van der Waals surface area contributed by atoms with Gasteiger partial charge in [-0.2, -0.15) is 0 Å². The predicted octanol–water partition coefficient (Wildman–Crippen LogP) is 4.17. The van der Waals surface area contributed by atoms with Gasteiger partial charge in [-0.15, -0.1) is 5.10 Å². The molecule has 0 aliphatic heterocycles. The van der Waals surface area contributed by atoms with E-state index in [1.807, 2.05) is 37.3 Å². The van der Waals surface area contributed by atoms with Crippen LogP contribution in [-0.4, -0.2) is 17.4 Å². The number of ether oxygens (including phenoxy) is 1. The summed E-state index contributed by atoms with van der Waals surface area (Å²) in [6.45, 7) is 2.29. The fourth-order valence-electron chi connectivity index (χ4n) is 1.76. The SMILES string of the molecule is CCO/C(=N/Nc1ccc(Br)cc1[N+](=O)[O-])c1ccccc1. The highest BCUT2D eigenvalue weighted by molar-refractivity contribution is 9.10. The second kappa shape index (κ2) is 7.56. The fourth-order valence-corrected chi connectivity index (χ4v) is 2.11. The van der Waals surface area contributed by atoms with E-state index in [2.05, 4.69) is 26.5 Å². The predicted molar refractivity (Wildman–Crippen MR) is 89.0 cm³/mol. The lowest BCUT2D eigenvalue weighted by atomic mass is 10.2. The van der Waals surface area contributed by atoms with Crippen molar-refractivity contribution in [3.8, 4) is 0 Å². The van der Waals surface area contributed by atoms with Gasteiger partial charge in [0.15, 0.2) is 0 Å². The molecule has 0 aliphatic carbocycles. The molecule has 0 radical (unpaired) electrons. The molecule has 2 rings (SSSR count). The summed E-state index contributed by atoms with van der Waals surface area (Å²) in [4.78, 5) is 10.6. The molecule has 0 aromatic heterocycles. The first-order valence-corrected chi connectivity index (χ1v) is 7.37. The monoisotopic (exact) mass is 363 g/mol. The van der Waals surface area contributed by atoms with E-state index in [4.69, 9.17) is 4.74 Å². The molecular weight excluding hydrogens is 350 g/mol. The van der Waals surface area contributed by atoms with Crippen LogP contribution in [0.25, 0.3) is 0 Å². The molecule has 0 unspecified atom stereocenters. The number of nitro groups is 1. The Bertz CT molecular complexity index is 690. The van der Waals surface area contributed by atoms with Crippen LogP contribution in [0.3, 0.4) is 0 Å². The van der Waals surface area contributed by atoms with Crippen LogP contribution in [0.2, 0.25) is 0 Å². The van der Waals surface area contributed by atoms with Gasteiger partial charge in [-0.05, 0) is 31.2 Å². The number of hydrogen-bond acceptors (Lipinski definition) is 5. The number of halogens is 1. The smallest absolute Gasteiger partial charge is 0.295 e. The van der Waals surface area contributed by atoms with E-state index in [1.54, 1.807) is 12.1 Å². The van der Waals surface area contributed by atoms with Gasteiger partial charge in [-0.3, -0.25) is 15.5 Å². The first-order chi connectivity index (χ1) is 10.6. The van der Waals surface area contributed by atoms with Crippen molar-refractivity contribution in [1.29, 1.82) is 0 Å². The van der Waals surface area contributed by atoms with E-state index in [-0.39, 0.29) is 5.69 Å². The number of benzene rings is 2. The number of rotatable bonds is 5. The van der Waals surface area contributed by atoms with Gasteiger partial charge in [-0.25, -0.2) is 0 Å². The Morgan fingerprint density at radius 3 is 2.68 bits per heavy atom. The molecular formula is C15H14BrN3O3. The third-order valence-electron chi connectivity index (χ3n) is 2.74. The summed E-state index contributed by atoms with van der Waals surface area (Å²) < 4.78 is 6.11. The van der Waals surface area contributed by atoms with Crippen molar-refractivity contribution in [3.05, 3.63) is 68.7 Å². The van der Waals surface area contributed by atoms with Gasteiger partial charge in [0, 0.05) is 16.1 Å². The highest BCUT2D eigenvalue weighted by atomic mass is 79.9. The molecule has 0 saturated heterocycles. The van der Waals surface area contributed by atoms with E-state index in [0.29, 0.717) is 22.7 Å². The molecule has 6 nitrogen and oxygen atoms in total. The van der Waals surface area contributed by atoms with E-state index >= 15 is 0 Å². The Labute approximate surface area is 136 Å². The van der Waals surface area contributed by atoms with Crippen molar-refractivity contribution in [2.45, 2.75) is 6.92 Å². The molecule has 0 fully saturated rings. The van der Waals surface area contributed by atoms with Crippen molar-refractivity contribution >= 4 is 33.2 Å². The van der Waals surface area contributed by atoms with Crippen LogP contribution in [0.15, 0.2) is 58.1 Å². The second-order valence-electron chi connectivity index (χ2n) is 4.25. The minimum absolute atomic E-state index is 0.0676. The molecule has 7 heteroatoms. The van der Waals surface area contributed by atoms with Crippen molar-refractivity contribution in [3.63, 3.8) is 0 Å². The number of anilines is 1. The van der Waals surface area contributed by atoms with Crippen LogP contribution < -0.4 is 5.43 Å². The van der Waals surface area contributed by atoms with Crippen LogP contribution >= 0.6 is 15.9 Å². The van der Waals surface area contributed by atoms with Gasteiger partial charge in [0.2, 0.25) is 5.90 Å². The first kappa shape index (κ1) is 16.0. The quantitative estimate of drug-likeness (QED) is 0.374. The number of nitrogens with zero attached hydrogens (tertiary/aromatic N) is 2. The second-order valence-corrected chi connectivity index (χ2v) is 5.16. The summed E-state index contributed by atoms with van der Waals surface area (Å²) in [6, 6.07) is 14.0. The van der Waals surface area contributed by atoms with Crippen LogP contribution in [-0.2, 0) is 4.74 Å². The first-order valence-electron chi connectivity index (χ1n) is 6.57. The molecule has 1 N–H and O–H groups in total. The Morgan fingerprint density at radius 2 is 2.05 bits per heavy atom. The topological polar surface area (TPSA) is 76.8 Å². The summed E-state index contributed by atoms with van der Waals surface area (Å²) in [7, 11) is 0. The van der Waals surface area contributed by atoms with Gasteiger partial charge in [-0.1, -0.05) is 34.1 Å². The zero-order valence-corrected chi connectivity index (χ0v) is 13.4. The number of nitrogens with one attached hydrogen (secondary N) is 1. The van der Waals surface area contributed by atoms with Crippen LogP contribution in [0.5, 0.6) is 0 Å².